The fraction of sp³-hybridized carbons (Fsp3) is 0.457. The summed E-state index contributed by atoms with van der Waals surface area (Å²) in [4.78, 5) is 40.7. The molecule has 0 fully saturated rings. The molecule has 2 rings (SSSR count). The predicted octanol–water partition coefficient (Wildman–Crippen LogP) is 5.77. The van der Waals surface area contributed by atoms with Gasteiger partial charge in [0.05, 0.1) is 12.1 Å². The fourth-order valence-electron chi connectivity index (χ4n) is 5.07. The number of hydrogen-bond donors (Lipinski definition) is 3. The van der Waals surface area contributed by atoms with Gasteiger partial charge in [-0.3, -0.25) is 9.59 Å². The standard InChI is InChI=1S/C35H49N3O4/c1-23(2)28(22-24(3)33(41)42)38(10)32(40)30(34(4,5)6)37-31(39)29(36-9)35(7,8)27-20-18-26(19-21-27)17-16-25-14-12-11-13-15-25/h11-23,28-30,36H,1-10H3,(H,37,39)(H,41,42)/b17-16+,24-22+/t28-,29-,30-/m1/s1. The number of benzene rings is 2. The van der Waals surface area contributed by atoms with Gasteiger partial charge in [-0.1, -0.05) is 121 Å². The van der Waals surface area contributed by atoms with Crippen LogP contribution in [0.3, 0.4) is 0 Å². The van der Waals surface area contributed by atoms with Crippen molar-refractivity contribution in [1.29, 1.82) is 0 Å². The van der Waals surface area contributed by atoms with E-state index in [4.69, 9.17) is 0 Å². The Balaban J connectivity index is 2.30. The highest BCUT2D eigenvalue weighted by Gasteiger charge is 2.41. The Hall–Kier alpha value is -3.71. The second-order valence-corrected chi connectivity index (χ2v) is 13.0. The van der Waals surface area contributed by atoms with Crippen molar-refractivity contribution >= 4 is 29.9 Å². The molecule has 0 saturated heterocycles. The van der Waals surface area contributed by atoms with Crippen LogP contribution in [0, 0.1) is 11.3 Å². The molecule has 42 heavy (non-hydrogen) atoms. The van der Waals surface area contributed by atoms with E-state index in [-0.39, 0.29) is 23.3 Å². The monoisotopic (exact) mass is 575 g/mol. The van der Waals surface area contributed by atoms with Crippen LogP contribution in [0.4, 0.5) is 0 Å². The lowest BCUT2D eigenvalue weighted by atomic mass is 9.76. The number of carboxylic acid groups (broad SMARTS) is 1. The highest BCUT2D eigenvalue weighted by atomic mass is 16.4. The van der Waals surface area contributed by atoms with Gasteiger partial charge in [0.1, 0.15) is 6.04 Å². The molecule has 0 heterocycles. The maximum atomic E-state index is 13.9. The van der Waals surface area contributed by atoms with Crippen LogP contribution in [-0.4, -0.2) is 60.0 Å². The number of nitrogens with one attached hydrogen (secondary N) is 2. The average Bonchev–Trinajstić information content (AvgIpc) is 2.92. The van der Waals surface area contributed by atoms with Gasteiger partial charge in [-0.05, 0) is 42.0 Å². The van der Waals surface area contributed by atoms with Crippen molar-refractivity contribution in [3.8, 4) is 0 Å². The van der Waals surface area contributed by atoms with E-state index < -0.39 is 34.9 Å². The predicted molar refractivity (Wildman–Crippen MR) is 172 cm³/mol. The SMILES string of the molecule is CN[C@H](C(=O)N[C@H](C(=O)N(C)[C@H](/C=C(\C)C(=O)O)C(C)C)C(C)(C)C)C(C)(C)c1ccc(/C=C/c2ccccc2)cc1. The minimum Gasteiger partial charge on any atom is -0.478 e. The quantitative estimate of drug-likeness (QED) is 0.221. The van der Waals surface area contributed by atoms with Crippen LogP contribution in [0.25, 0.3) is 12.2 Å². The Labute approximate surface area is 252 Å². The Bertz CT molecular complexity index is 1270. The molecule has 0 bridgehead atoms. The first-order valence-electron chi connectivity index (χ1n) is 14.5. The van der Waals surface area contributed by atoms with Crippen molar-refractivity contribution in [2.24, 2.45) is 11.3 Å². The normalized spacial score (nSPS) is 14.9. The van der Waals surface area contributed by atoms with Gasteiger partial charge in [-0.25, -0.2) is 4.79 Å². The van der Waals surface area contributed by atoms with E-state index in [1.807, 2.05) is 103 Å². The third-order valence-electron chi connectivity index (χ3n) is 7.83. The van der Waals surface area contributed by atoms with E-state index in [9.17, 15) is 19.5 Å². The van der Waals surface area contributed by atoms with Crippen molar-refractivity contribution < 1.29 is 19.5 Å². The van der Waals surface area contributed by atoms with Gasteiger partial charge in [0, 0.05) is 18.0 Å². The molecular weight excluding hydrogens is 526 g/mol. The third kappa shape index (κ3) is 8.89. The maximum absolute atomic E-state index is 13.9. The summed E-state index contributed by atoms with van der Waals surface area (Å²) >= 11 is 0. The molecule has 228 valence electrons. The van der Waals surface area contributed by atoms with Gasteiger partial charge < -0.3 is 20.6 Å². The second kappa shape index (κ2) is 14.5. The summed E-state index contributed by atoms with van der Waals surface area (Å²) in [5, 5.41) is 15.6. The topological polar surface area (TPSA) is 98.7 Å². The molecule has 7 nitrogen and oxygen atoms in total. The molecule has 0 saturated carbocycles. The first-order chi connectivity index (χ1) is 19.5. The Morgan fingerprint density at radius 3 is 1.83 bits per heavy atom. The smallest absolute Gasteiger partial charge is 0.331 e. The summed E-state index contributed by atoms with van der Waals surface area (Å²) in [6.45, 7) is 15.1. The van der Waals surface area contributed by atoms with Crippen molar-refractivity contribution in [2.75, 3.05) is 14.1 Å². The van der Waals surface area contributed by atoms with Crippen molar-refractivity contribution in [3.05, 3.63) is 82.9 Å². The molecule has 0 unspecified atom stereocenters. The highest BCUT2D eigenvalue weighted by Crippen LogP contribution is 2.30. The number of aliphatic carboxylic acids is 1. The van der Waals surface area contributed by atoms with Gasteiger partial charge >= 0.3 is 5.97 Å². The van der Waals surface area contributed by atoms with Crippen LogP contribution in [0.5, 0.6) is 0 Å². The van der Waals surface area contributed by atoms with Crippen LogP contribution in [0.1, 0.15) is 72.1 Å². The van der Waals surface area contributed by atoms with Crippen LogP contribution >= 0.6 is 0 Å². The zero-order valence-electron chi connectivity index (χ0n) is 26.9. The van der Waals surface area contributed by atoms with Gasteiger partial charge in [0.15, 0.2) is 0 Å². The molecule has 2 amide bonds. The summed E-state index contributed by atoms with van der Waals surface area (Å²) < 4.78 is 0. The first-order valence-corrected chi connectivity index (χ1v) is 14.5. The van der Waals surface area contributed by atoms with E-state index in [0.717, 1.165) is 16.7 Å². The Morgan fingerprint density at radius 2 is 1.38 bits per heavy atom. The molecule has 2 aromatic carbocycles. The number of amides is 2. The fourth-order valence-corrected chi connectivity index (χ4v) is 5.07. The second-order valence-electron chi connectivity index (χ2n) is 13.0. The maximum Gasteiger partial charge on any atom is 0.331 e. The first kappa shape index (κ1) is 34.5. The van der Waals surface area contributed by atoms with Crippen molar-refractivity contribution in [1.82, 2.24) is 15.5 Å². The zero-order valence-corrected chi connectivity index (χ0v) is 26.9. The zero-order chi connectivity index (χ0) is 31.8. The lowest BCUT2D eigenvalue weighted by molar-refractivity contribution is -0.141. The molecule has 0 aliphatic carbocycles. The van der Waals surface area contributed by atoms with Crippen LogP contribution in [-0.2, 0) is 19.8 Å². The number of carbonyl (C=O) groups excluding carboxylic acids is 2. The summed E-state index contributed by atoms with van der Waals surface area (Å²) in [5.74, 6) is -1.61. The number of carboxylic acids is 1. The molecule has 0 aliphatic rings. The molecule has 7 heteroatoms. The summed E-state index contributed by atoms with van der Waals surface area (Å²) in [6.07, 6.45) is 5.72. The van der Waals surface area contributed by atoms with E-state index in [2.05, 4.69) is 22.8 Å². The van der Waals surface area contributed by atoms with E-state index >= 15 is 0 Å². The van der Waals surface area contributed by atoms with E-state index in [1.54, 1.807) is 25.1 Å². The minimum atomic E-state index is -1.03. The minimum absolute atomic E-state index is 0.0286. The largest absolute Gasteiger partial charge is 0.478 e. The number of nitrogens with zero attached hydrogens (tertiary/aromatic N) is 1. The van der Waals surface area contributed by atoms with Gasteiger partial charge in [0.25, 0.3) is 0 Å². The van der Waals surface area contributed by atoms with Crippen molar-refractivity contribution in [3.63, 3.8) is 0 Å². The van der Waals surface area contributed by atoms with E-state index in [0.29, 0.717) is 0 Å². The van der Waals surface area contributed by atoms with Crippen molar-refractivity contribution in [2.45, 2.75) is 78.9 Å². The average molecular weight is 576 g/mol. The van der Waals surface area contributed by atoms with Crippen LogP contribution in [0.15, 0.2) is 66.2 Å². The summed E-state index contributed by atoms with van der Waals surface area (Å²) in [6, 6.07) is 16.3. The molecule has 0 radical (unpaired) electrons. The number of carbonyl (C=O) groups is 3. The summed E-state index contributed by atoms with van der Waals surface area (Å²) in [7, 11) is 3.41. The number of likely N-dealkylation sites (N-methyl/N-ethyl adjacent to an activating group) is 2. The molecule has 3 N–H and O–H groups in total. The number of rotatable bonds is 12. The Kier molecular flexibility index (Phi) is 11.9. The van der Waals surface area contributed by atoms with Crippen LogP contribution < -0.4 is 10.6 Å². The van der Waals surface area contributed by atoms with E-state index in [1.165, 1.54) is 6.92 Å². The van der Waals surface area contributed by atoms with Crippen LogP contribution in [0.2, 0.25) is 0 Å². The highest BCUT2D eigenvalue weighted by molar-refractivity contribution is 5.91. The molecule has 0 spiro atoms. The molecular formula is C35H49N3O4. The van der Waals surface area contributed by atoms with Gasteiger partial charge in [-0.15, -0.1) is 0 Å². The lowest BCUT2D eigenvalue weighted by Crippen LogP contribution is -2.61. The lowest BCUT2D eigenvalue weighted by Gasteiger charge is -2.40. The molecule has 0 aromatic heterocycles. The summed E-state index contributed by atoms with van der Waals surface area (Å²) in [5.41, 5.74) is 2.14. The molecule has 0 aliphatic heterocycles. The van der Waals surface area contributed by atoms with Gasteiger partial charge in [0.2, 0.25) is 11.8 Å². The third-order valence-corrected chi connectivity index (χ3v) is 7.83. The Morgan fingerprint density at radius 1 is 0.857 bits per heavy atom. The molecule has 3 atom stereocenters. The van der Waals surface area contributed by atoms with Gasteiger partial charge in [-0.2, -0.15) is 0 Å². The number of hydrogen-bond acceptors (Lipinski definition) is 4. The molecule has 2 aromatic rings.